The van der Waals surface area contributed by atoms with Crippen LogP contribution in [-0.2, 0) is 0 Å². The van der Waals surface area contributed by atoms with Crippen LogP contribution < -0.4 is 0 Å². The predicted molar refractivity (Wildman–Crippen MR) is 201 cm³/mol. The van der Waals surface area contributed by atoms with Crippen molar-refractivity contribution in [3.05, 3.63) is 164 Å². The van der Waals surface area contributed by atoms with E-state index in [0.717, 1.165) is 54.6 Å². The molecule has 0 bridgehead atoms. The van der Waals surface area contributed by atoms with Crippen LogP contribution in [0.3, 0.4) is 0 Å². The second-order valence-electron chi connectivity index (χ2n) is 11.9. The fourth-order valence-electron chi connectivity index (χ4n) is 6.76. The standard InChI is InChI=1S/C45H27N3O/c1-2-14-31(15-3-1)43-46-44(37-20-10-16-28-11-4-7-17-33(28)37)48-45(47-43)42-35-19-9-6-12-29(35)21-24-36(42)32-23-25-39-38(27-32)41-34-18-8-5-13-30(34)22-26-40(41)49-39/h1-27H/i4D,7D,10D,11D,16D,17D,20D. The van der Waals surface area contributed by atoms with Crippen molar-refractivity contribution in [1.82, 2.24) is 15.0 Å². The molecule has 0 unspecified atom stereocenters. The van der Waals surface area contributed by atoms with Gasteiger partial charge in [-0.2, -0.15) is 0 Å². The number of nitrogens with zero attached hydrogens (tertiary/aromatic N) is 3. The Balaban J connectivity index is 1.31. The summed E-state index contributed by atoms with van der Waals surface area (Å²) in [5.41, 5.74) is 4.49. The van der Waals surface area contributed by atoms with E-state index >= 15 is 0 Å². The highest BCUT2D eigenvalue weighted by molar-refractivity contribution is 6.19. The SMILES string of the molecule is [2H]c1c([2H])c([2H])c2c(-c3nc(-c4ccccc4)nc(-c4c(-c5ccc6oc7ccc8ccccc8c7c6c5)ccc5ccccc45)n3)c([2H])c([2H])c([2H])c2c1[2H]. The Kier molecular flexibility index (Phi) is 4.76. The van der Waals surface area contributed by atoms with Gasteiger partial charge in [-0.05, 0) is 61.6 Å². The Morgan fingerprint density at radius 3 is 2.02 bits per heavy atom. The molecule has 4 nitrogen and oxygen atoms in total. The monoisotopic (exact) mass is 632 g/mol. The van der Waals surface area contributed by atoms with Crippen molar-refractivity contribution in [3.63, 3.8) is 0 Å². The average Bonchev–Trinajstić information content (AvgIpc) is 3.62. The van der Waals surface area contributed by atoms with Crippen LogP contribution in [-0.4, -0.2) is 15.0 Å². The van der Waals surface area contributed by atoms with E-state index in [9.17, 15) is 0 Å². The van der Waals surface area contributed by atoms with Gasteiger partial charge in [0.25, 0.3) is 0 Å². The minimum absolute atomic E-state index is 0.0518. The highest BCUT2D eigenvalue weighted by atomic mass is 16.3. The van der Waals surface area contributed by atoms with E-state index in [1.54, 1.807) is 0 Å². The van der Waals surface area contributed by atoms with Crippen molar-refractivity contribution in [3.8, 4) is 45.3 Å². The quantitative estimate of drug-likeness (QED) is 0.194. The molecule has 4 heteroatoms. The van der Waals surface area contributed by atoms with E-state index in [-0.39, 0.29) is 33.8 Å². The fraction of sp³-hybridized carbons (Fsp3) is 0. The number of rotatable bonds is 4. The van der Waals surface area contributed by atoms with Crippen molar-refractivity contribution in [1.29, 1.82) is 0 Å². The van der Waals surface area contributed by atoms with Crippen LogP contribution in [0.5, 0.6) is 0 Å². The van der Waals surface area contributed by atoms with Gasteiger partial charge in [0.1, 0.15) is 11.2 Å². The van der Waals surface area contributed by atoms with Crippen molar-refractivity contribution >= 4 is 54.3 Å². The van der Waals surface area contributed by atoms with E-state index < -0.39 is 42.3 Å². The molecule has 49 heavy (non-hydrogen) atoms. The van der Waals surface area contributed by atoms with Gasteiger partial charge < -0.3 is 4.42 Å². The fourth-order valence-corrected chi connectivity index (χ4v) is 6.76. The minimum atomic E-state index is -0.531. The van der Waals surface area contributed by atoms with Gasteiger partial charge in [0.15, 0.2) is 17.5 Å². The summed E-state index contributed by atoms with van der Waals surface area (Å²) in [4.78, 5) is 14.9. The Morgan fingerprint density at radius 1 is 0.429 bits per heavy atom. The molecule has 228 valence electrons. The van der Waals surface area contributed by atoms with Gasteiger partial charge in [0.2, 0.25) is 0 Å². The Bertz CT molecular complexity index is 3280. The maximum absolute atomic E-state index is 9.12. The van der Waals surface area contributed by atoms with Gasteiger partial charge in [0.05, 0.1) is 9.60 Å². The van der Waals surface area contributed by atoms with Gasteiger partial charge >= 0.3 is 0 Å². The summed E-state index contributed by atoms with van der Waals surface area (Å²) in [5.74, 6) is 0.476. The second-order valence-corrected chi connectivity index (χ2v) is 11.9. The zero-order valence-corrected chi connectivity index (χ0v) is 25.8. The third-order valence-corrected chi connectivity index (χ3v) is 9.03. The Labute approximate surface area is 291 Å². The maximum Gasteiger partial charge on any atom is 0.165 e. The van der Waals surface area contributed by atoms with Crippen LogP contribution in [0.4, 0.5) is 0 Å². The van der Waals surface area contributed by atoms with Crippen LogP contribution in [0.15, 0.2) is 168 Å². The molecule has 0 fully saturated rings. The van der Waals surface area contributed by atoms with Crippen molar-refractivity contribution < 1.29 is 14.0 Å². The summed E-state index contributed by atoms with van der Waals surface area (Å²) in [6, 6.07) is 36.3. The molecule has 0 amide bonds. The number of furan rings is 1. The van der Waals surface area contributed by atoms with E-state index in [1.165, 1.54) is 0 Å². The normalized spacial score (nSPS) is 13.7. The van der Waals surface area contributed by atoms with Gasteiger partial charge in [-0.25, -0.2) is 15.0 Å². The molecular formula is C45H27N3O. The topological polar surface area (TPSA) is 51.8 Å². The summed E-state index contributed by atoms with van der Waals surface area (Å²) < 4.78 is 67.3. The van der Waals surface area contributed by atoms with Crippen LogP contribution in [0.1, 0.15) is 9.60 Å². The van der Waals surface area contributed by atoms with Crippen LogP contribution in [0.25, 0.3) is 99.5 Å². The minimum Gasteiger partial charge on any atom is -0.456 e. The lowest BCUT2D eigenvalue weighted by molar-refractivity contribution is 0.669. The number of aromatic nitrogens is 3. The number of fused-ring (bicyclic) bond motifs is 7. The predicted octanol–water partition coefficient (Wildman–Crippen LogP) is 11.9. The lowest BCUT2D eigenvalue weighted by Gasteiger charge is -2.15. The first-order chi connectivity index (χ1) is 27.2. The molecular weight excluding hydrogens is 599 g/mol. The molecule has 0 saturated heterocycles. The summed E-state index contributed by atoms with van der Waals surface area (Å²) in [6.45, 7) is 0. The lowest BCUT2D eigenvalue weighted by Crippen LogP contribution is -2.02. The van der Waals surface area contributed by atoms with Crippen LogP contribution >= 0.6 is 0 Å². The van der Waals surface area contributed by atoms with E-state index in [0.29, 0.717) is 11.1 Å². The van der Waals surface area contributed by atoms with Crippen molar-refractivity contribution in [2.24, 2.45) is 0 Å². The third-order valence-electron chi connectivity index (χ3n) is 9.03. The second kappa shape index (κ2) is 11.0. The molecule has 0 N–H and O–H groups in total. The largest absolute Gasteiger partial charge is 0.456 e. The molecule has 0 saturated carbocycles. The highest BCUT2D eigenvalue weighted by Crippen LogP contribution is 2.42. The zero-order chi connectivity index (χ0) is 38.4. The number of hydrogen-bond donors (Lipinski definition) is 0. The van der Waals surface area contributed by atoms with Gasteiger partial charge in [0, 0.05) is 27.5 Å². The van der Waals surface area contributed by atoms with Gasteiger partial charge in [-0.3, -0.25) is 0 Å². The molecule has 2 aromatic heterocycles. The zero-order valence-electron chi connectivity index (χ0n) is 32.8. The molecule has 0 spiro atoms. The van der Waals surface area contributed by atoms with E-state index in [4.69, 9.17) is 29.0 Å². The molecule has 0 aliphatic carbocycles. The van der Waals surface area contributed by atoms with Crippen LogP contribution in [0.2, 0.25) is 0 Å². The van der Waals surface area contributed by atoms with Crippen molar-refractivity contribution in [2.45, 2.75) is 0 Å². The molecule has 0 radical (unpaired) electrons. The molecule has 10 rings (SSSR count). The average molecular weight is 633 g/mol. The highest BCUT2D eigenvalue weighted by Gasteiger charge is 2.20. The Morgan fingerprint density at radius 2 is 1.12 bits per heavy atom. The van der Waals surface area contributed by atoms with E-state index in [1.807, 2.05) is 97.1 Å². The molecule has 0 aliphatic rings. The molecule has 2 heterocycles. The summed E-state index contributed by atoms with van der Waals surface area (Å²) in [5, 5.41) is 5.67. The number of benzene rings is 8. The van der Waals surface area contributed by atoms with Crippen molar-refractivity contribution in [2.75, 3.05) is 0 Å². The van der Waals surface area contributed by atoms with Gasteiger partial charge in [-0.15, -0.1) is 0 Å². The first-order valence-corrected chi connectivity index (χ1v) is 15.9. The summed E-state index contributed by atoms with van der Waals surface area (Å²) in [7, 11) is 0. The van der Waals surface area contributed by atoms with Gasteiger partial charge in [-0.1, -0.05) is 145 Å². The smallest absolute Gasteiger partial charge is 0.165 e. The molecule has 0 aliphatic heterocycles. The Hall–Kier alpha value is -6.65. The molecule has 8 aromatic carbocycles. The lowest BCUT2D eigenvalue weighted by atomic mass is 9.92. The first kappa shape index (κ1) is 21.3. The maximum atomic E-state index is 9.12. The first-order valence-electron chi connectivity index (χ1n) is 19.4. The van der Waals surface area contributed by atoms with Crippen LogP contribution in [0, 0.1) is 0 Å². The molecule has 10 aromatic rings. The summed E-state index contributed by atoms with van der Waals surface area (Å²) in [6.07, 6.45) is 0. The van der Waals surface area contributed by atoms with E-state index in [2.05, 4.69) is 24.3 Å². The summed E-state index contributed by atoms with van der Waals surface area (Å²) >= 11 is 0. The molecule has 0 atom stereocenters. The third kappa shape index (κ3) is 4.49. The number of hydrogen-bond acceptors (Lipinski definition) is 4.